The highest BCUT2D eigenvalue weighted by molar-refractivity contribution is 5.04. The van der Waals surface area contributed by atoms with E-state index in [1.165, 1.54) is 57.8 Å². The van der Waals surface area contributed by atoms with E-state index in [4.69, 9.17) is 18.9 Å². The first-order chi connectivity index (χ1) is 14.7. The summed E-state index contributed by atoms with van der Waals surface area (Å²) < 4.78 is 23.3. The molecule has 4 aliphatic heterocycles. The van der Waals surface area contributed by atoms with Crippen molar-refractivity contribution in [3.8, 4) is 0 Å². The predicted octanol–water partition coefficient (Wildman–Crippen LogP) is 4.08. The minimum absolute atomic E-state index is 0.0726. The number of ether oxygens (including phenoxy) is 4. The van der Waals surface area contributed by atoms with Crippen molar-refractivity contribution in [2.75, 3.05) is 26.4 Å². The summed E-state index contributed by atoms with van der Waals surface area (Å²) in [6, 6.07) is 1.25. The van der Waals surface area contributed by atoms with Crippen LogP contribution in [0.15, 0.2) is 0 Å². The van der Waals surface area contributed by atoms with Gasteiger partial charge in [-0.05, 0) is 97.3 Å². The molecule has 6 heteroatoms. The molecule has 0 N–H and O–H groups in total. The fraction of sp³-hybridized carbons (Fsp3) is 1.00. The molecule has 0 aromatic carbocycles. The minimum atomic E-state index is -0.0726. The van der Waals surface area contributed by atoms with Gasteiger partial charge in [-0.25, -0.2) is 9.80 Å². The Kier molecular flexibility index (Phi) is 4.90. The van der Waals surface area contributed by atoms with Crippen molar-refractivity contribution in [2.45, 2.75) is 120 Å². The zero-order valence-electron chi connectivity index (χ0n) is 20.0. The van der Waals surface area contributed by atoms with E-state index in [0.717, 1.165) is 38.3 Å². The summed E-state index contributed by atoms with van der Waals surface area (Å²) in [6.07, 6.45) is 12.1. The average Bonchev–Trinajstić information content (AvgIpc) is 3.53. The second-order valence-electron chi connectivity index (χ2n) is 12.2. The molecule has 0 bridgehead atoms. The lowest BCUT2D eigenvalue weighted by Gasteiger charge is -2.43. The van der Waals surface area contributed by atoms with Gasteiger partial charge in [-0.1, -0.05) is 0 Å². The van der Waals surface area contributed by atoms with Crippen molar-refractivity contribution in [3.05, 3.63) is 0 Å². The first-order valence-corrected chi connectivity index (χ1v) is 12.9. The maximum atomic E-state index is 5.84. The van der Waals surface area contributed by atoms with Crippen molar-refractivity contribution >= 4 is 0 Å². The van der Waals surface area contributed by atoms with E-state index in [1.807, 2.05) is 0 Å². The molecule has 6 nitrogen and oxygen atoms in total. The molecule has 6 fully saturated rings. The molecule has 2 saturated carbocycles. The Labute approximate surface area is 187 Å². The maximum Gasteiger partial charge on any atom is 0.145 e. The quantitative estimate of drug-likeness (QED) is 0.537. The average molecular weight is 435 g/mol. The maximum absolute atomic E-state index is 5.84. The van der Waals surface area contributed by atoms with E-state index in [1.54, 1.807) is 0 Å². The Morgan fingerprint density at radius 2 is 0.774 bits per heavy atom. The molecule has 6 rings (SSSR count). The van der Waals surface area contributed by atoms with Crippen LogP contribution in [0.3, 0.4) is 0 Å². The van der Waals surface area contributed by atoms with Crippen LogP contribution in [0.5, 0.6) is 0 Å². The van der Waals surface area contributed by atoms with Gasteiger partial charge in [0.25, 0.3) is 0 Å². The molecule has 31 heavy (non-hydrogen) atoms. The van der Waals surface area contributed by atoms with Crippen LogP contribution >= 0.6 is 0 Å². The van der Waals surface area contributed by atoms with Crippen molar-refractivity contribution in [3.63, 3.8) is 0 Å². The van der Waals surface area contributed by atoms with Gasteiger partial charge < -0.3 is 18.9 Å². The molecule has 0 aromatic rings. The number of epoxide rings is 4. The van der Waals surface area contributed by atoms with Crippen LogP contribution in [0.1, 0.15) is 85.5 Å². The third kappa shape index (κ3) is 4.00. The lowest BCUT2D eigenvalue weighted by molar-refractivity contribution is -0.0590. The molecular formula is C25H42N2O4. The normalized spacial score (nSPS) is 53.6. The van der Waals surface area contributed by atoms with Crippen LogP contribution < -0.4 is 0 Å². The molecule has 2 aliphatic carbocycles. The lowest BCUT2D eigenvalue weighted by atomic mass is 9.75. The van der Waals surface area contributed by atoms with Crippen LogP contribution in [-0.2, 0) is 18.9 Å². The Hall–Kier alpha value is -0.240. The molecule has 4 atom stereocenters. The molecule has 4 saturated heterocycles. The first kappa shape index (κ1) is 21.3. The topological polar surface area (TPSA) is 56.6 Å². The summed E-state index contributed by atoms with van der Waals surface area (Å²) in [4.78, 5) is 5.16. The molecule has 0 spiro atoms. The highest BCUT2D eigenvalue weighted by Gasteiger charge is 2.62. The summed E-state index contributed by atoms with van der Waals surface area (Å²) in [6.45, 7) is 12.4. The zero-order chi connectivity index (χ0) is 21.5. The standard InChI is InChI=1S/C25H42N2O4/c1-22(14-28-22)26(23(2)15-29-23)20-9-5-18(6-10-20)13-19-7-11-21(12-8-19)27(24(3)16-30-24)25(4)17-31-25/h18-21H,5-17H2,1-4H3. The van der Waals surface area contributed by atoms with Gasteiger partial charge in [0.05, 0.1) is 26.4 Å². The fourth-order valence-corrected chi connectivity index (χ4v) is 7.27. The Bertz CT molecular complexity index is 588. The van der Waals surface area contributed by atoms with Crippen LogP contribution in [0.25, 0.3) is 0 Å². The van der Waals surface area contributed by atoms with Crippen LogP contribution in [0.4, 0.5) is 0 Å². The van der Waals surface area contributed by atoms with Gasteiger partial charge >= 0.3 is 0 Å². The van der Waals surface area contributed by atoms with Crippen molar-refractivity contribution in [1.29, 1.82) is 0 Å². The SMILES string of the molecule is CC1(N(C2CCC(CC3CCC(N(C4(C)CO4)C4(C)CO4)CC3)CC2)C2(C)CO2)CO1. The summed E-state index contributed by atoms with van der Waals surface area (Å²) in [5, 5.41) is 0. The molecule has 6 aliphatic rings. The summed E-state index contributed by atoms with van der Waals surface area (Å²) in [5.74, 6) is 1.82. The number of hydrogen-bond acceptors (Lipinski definition) is 6. The van der Waals surface area contributed by atoms with Gasteiger partial charge in [0.1, 0.15) is 22.9 Å². The first-order valence-electron chi connectivity index (χ1n) is 12.9. The second kappa shape index (κ2) is 7.13. The van der Waals surface area contributed by atoms with Crippen molar-refractivity contribution in [2.24, 2.45) is 11.8 Å². The van der Waals surface area contributed by atoms with Gasteiger partial charge in [-0.3, -0.25) is 0 Å². The molecule has 4 heterocycles. The molecule has 0 radical (unpaired) electrons. The zero-order valence-corrected chi connectivity index (χ0v) is 20.0. The molecule has 4 unspecified atom stereocenters. The number of nitrogens with zero attached hydrogens (tertiary/aromatic N) is 2. The van der Waals surface area contributed by atoms with E-state index in [-0.39, 0.29) is 22.9 Å². The third-order valence-electron chi connectivity index (χ3n) is 9.32. The van der Waals surface area contributed by atoms with Gasteiger partial charge in [-0.2, -0.15) is 0 Å². The molecular weight excluding hydrogens is 392 g/mol. The van der Waals surface area contributed by atoms with Crippen molar-refractivity contribution < 1.29 is 18.9 Å². The Balaban J connectivity index is 0.990. The van der Waals surface area contributed by atoms with Crippen LogP contribution in [-0.4, -0.2) is 71.2 Å². The highest BCUT2D eigenvalue weighted by Crippen LogP contribution is 2.50. The fourth-order valence-electron chi connectivity index (χ4n) is 7.27. The summed E-state index contributed by atoms with van der Waals surface area (Å²) in [5.41, 5.74) is -0.290. The van der Waals surface area contributed by atoms with Crippen LogP contribution in [0, 0.1) is 11.8 Å². The van der Waals surface area contributed by atoms with Crippen molar-refractivity contribution in [1.82, 2.24) is 9.80 Å². The third-order valence-corrected chi connectivity index (χ3v) is 9.32. The molecule has 0 aromatic heterocycles. The molecule has 176 valence electrons. The summed E-state index contributed by atoms with van der Waals surface area (Å²) in [7, 11) is 0. The molecule has 0 amide bonds. The number of hydrogen-bond donors (Lipinski definition) is 0. The minimum Gasteiger partial charge on any atom is -0.354 e. The summed E-state index contributed by atoms with van der Waals surface area (Å²) >= 11 is 0. The van der Waals surface area contributed by atoms with E-state index in [9.17, 15) is 0 Å². The smallest absolute Gasteiger partial charge is 0.145 e. The largest absolute Gasteiger partial charge is 0.354 e. The second-order valence-corrected chi connectivity index (χ2v) is 12.2. The van der Waals surface area contributed by atoms with Gasteiger partial charge in [0.2, 0.25) is 0 Å². The lowest BCUT2D eigenvalue weighted by Crippen LogP contribution is -2.53. The van der Waals surface area contributed by atoms with Gasteiger partial charge in [-0.15, -0.1) is 0 Å². The number of rotatable bonds is 8. The Morgan fingerprint density at radius 3 is 1.00 bits per heavy atom. The monoisotopic (exact) mass is 434 g/mol. The van der Waals surface area contributed by atoms with E-state index >= 15 is 0 Å². The van der Waals surface area contributed by atoms with E-state index in [2.05, 4.69) is 37.5 Å². The van der Waals surface area contributed by atoms with E-state index in [0.29, 0.717) is 12.1 Å². The van der Waals surface area contributed by atoms with Crippen LogP contribution in [0.2, 0.25) is 0 Å². The van der Waals surface area contributed by atoms with Gasteiger partial charge in [0, 0.05) is 12.1 Å². The van der Waals surface area contributed by atoms with E-state index < -0.39 is 0 Å². The van der Waals surface area contributed by atoms with Gasteiger partial charge in [0.15, 0.2) is 0 Å². The highest BCUT2D eigenvalue weighted by atomic mass is 16.7. The Morgan fingerprint density at radius 1 is 0.516 bits per heavy atom. The predicted molar refractivity (Wildman–Crippen MR) is 117 cm³/mol.